The van der Waals surface area contributed by atoms with E-state index in [1.165, 1.54) is 19.3 Å². The first-order valence-electron chi connectivity index (χ1n) is 6.99. The summed E-state index contributed by atoms with van der Waals surface area (Å²) in [6, 6.07) is -1.80. The van der Waals surface area contributed by atoms with Crippen LogP contribution in [0.1, 0.15) is 25.7 Å². The van der Waals surface area contributed by atoms with Gasteiger partial charge in [0, 0.05) is 6.04 Å². The summed E-state index contributed by atoms with van der Waals surface area (Å²) in [5.41, 5.74) is 0. The molecule has 2 bridgehead atoms. The number of carboxylic acid groups (broad SMARTS) is 2. The van der Waals surface area contributed by atoms with Gasteiger partial charge in [0.05, 0.1) is 6.42 Å². The molecule has 0 heterocycles. The number of fused-ring (bicyclic) bond motifs is 5. The van der Waals surface area contributed by atoms with E-state index < -0.39 is 30.4 Å². The number of hydrogen-bond donors (Lipinski definition) is 4. The topological polar surface area (TPSA) is 116 Å². The van der Waals surface area contributed by atoms with Crippen LogP contribution >= 0.6 is 0 Å². The van der Waals surface area contributed by atoms with Crippen LogP contribution in [0.15, 0.2) is 0 Å². The average molecular weight is 282 g/mol. The third-order valence-corrected chi connectivity index (χ3v) is 5.02. The molecule has 0 aliphatic heterocycles. The van der Waals surface area contributed by atoms with Crippen molar-refractivity contribution in [2.75, 3.05) is 0 Å². The Balaban J connectivity index is 1.50. The molecule has 0 aromatic carbocycles. The molecule has 4 N–H and O–H groups in total. The Morgan fingerprint density at radius 2 is 1.70 bits per heavy atom. The number of carbonyl (C=O) groups excluding carboxylic acids is 1. The maximum absolute atomic E-state index is 11.8. The molecule has 3 aliphatic rings. The maximum Gasteiger partial charge on any atom is 0.326 e. The van der Waals surface area contributed by atoms with Crippen LogP contribution in [0.3, 0.4) is 0 Å². The van der Waals surface area contributed by atoms with E-state index in [0.29, 0.717) is 23.7 Å². The minimum absolute atomic E-state index is 0.153. The summed E-state index contributed by atoms with van der Waals surface area (Å²) < 4.78 is 0. The van der Waals surface area contributed by atoms with Gasteiger partial charge in [0.1, 0.15) is 6.04 Å². The molecule has 0 aromatic heterocycles. The quantitative estimate of drug-likeness (QED) is 0.577. The van der Waals surface area contributed by atoms with Crippen LogP contribution in [-0.4, -0.2) is 40.3 Å². The summed E-state index contributed by atoms with van der Waals surface area (Å²) in [5, 5.41) is 22.5. The van der Waals surface area contributed by atoms with Gasteiger partial charge >= 0.3 is 18.0 Å². The molecule has 3 rings (SSSR count). The number of hydrogen-bond acceptors (Lipinski definition) is 3. The Labute approximate surface area is 115 Å². The predicted molar refractivity (Wildman–Crippen MR) is 66.9 cm³/mol. The minimum Gasteiger partial charge on any atom is -0.481 e. The van der Waals surface area contributed by atoms with Crippen LogP contribution in [-0.2, 0) is 9.59 Å². The van der Waals surface area contributed by atoms with Gasteiger partial charge in [0.25, 0.3) is 0 Å². The maximum atomic E-state index is 11.8. The molecule has 3 saturated carbocycles. The number of nitrogens with one attached hydrogen (secondary N) is 2. The van der Waals surface area contributed by atoms with Gasteiger partial charge in [-0.1, -0.05) is 0 Å². The van der Waals surface area contributed by atoms with Crippen LogP contribution < -0.4 is 10.6 Å². The molecule has 2 amide bonds. The Morgan fingerprint density at radius 1 is 1.10 bits per heavy atom. The van der Waals surface area contributed by atoms with Crippen molar-refractivity contribution in [3.05, 3.63) is 0 Å². The first-order chi connectivity index (χ1) is 9.47. The summed E-state index contributed by atoms with van der Waals surface area (Å²) in [4.78, 5) is 33.2. The Kier molecular flexibility index (Phi) is 3.07. The fraction of sp³-hybridized carbons (Fsp3) is 0.769. The summed E-state index contributed by atoms with van der Waals surface area (Å²) in [5.74, 6) is -0.0451. The van der Waals surface area contributed by atoms with Gasteiger partial charge in [-0.05, 0) is 42.9 Å². The number of aliphatic carboxylic acids is 2. The average Bonchev–Trinajstić information content (AvgIpc) is 2.76. The minimum atomic E-state index is -1.39. The smallest absolute Gasteiger partial charge is 0.326 e. The van der Waals surface area contributed by atoms with Crippen LogP contribution in [0, 0.1) is 23.7 Å². The van der Waals surface area contributed by atoms with E-state index in [0.717, 1.165) is 0 Å². The highest BCUT2D eigenvalue weighted by Gasteiger charge is 2.65. The molecule has 110 valence electrons. The molecule has 0 radical (unpaired) electrons. The highest BCUT2D eigenvalue weighted by Crippen LogP contribution is 2.65. The normalized spacial score (nSPS) is 37.9. The number of amides is 2. The van der Waals surface area contributed by atoms with Gasteiger partial charge in [0.15, 0.2) is 0 Å². The molecular weight excluding hydrogens is 264 g/mol. The van der Waals surface area contributed by atoms with Gasteiger partial charge in [-0.3, -0.25) is 4.79 Å². The summed E-state index contributed by atoms with van der Waals surface area (Å²) >= 11 is 0. The number of rotatable bonds is 5. The van der Waals surface area contributed by atoms with E-state index >= 15 is 0 Å². The largest absolute Gasteiger partial charge is 0.481 e. The van der Waals surface area contributed by atoms with E-state index in [1.807, 2.05) is 0 Å². The van der Waals surface area contributed by atoms with E-state index in [1.54, 1.807) is 0 Å². The molecule has 0 saturated heterocycles. The van der Waals surface area contributed by atoms with Crippen molar-refractivity contribution in [3.8, 4) is 0 Å². The lowest BCUT2D eigenvalue weighted by Gasteiger charge is -2.15. The first kappa shape index (κ1) is 13.2. The van der Waals surface area contributed by atoms with Crippen molar-refractivity contribution in [3.63, 3.8) is 0 Å². The second-order valence-electron chi connectivity index (χ2n) is 6.12. The zero-order chi connectivity index (χ0) is 14.4. The van der Waals surface area contributed by atoms with Crippen LogP contribution in [0.25, 0.3) is 0 Å². The molecule has 0 aromatic rings. The van der Waals surface area contributed by atoms with Crippen molar-refractivity contribution < 1.29 is 24.6 Å². The molecule has 20 heavy (non-hydrogen) atoms. The van der Waals surface area contributed by atoms with Gasteiger partial charge < -0.3 is 20.8 Å². The molecule has 7 nitrogen and oxygen atoms in total. The monoisotopic (exact) mass is 282 g/mol. The number of carbonyl (C=O) groups is 3. The molecular formula is C13H18N2O5. The highest BCUT2D eigenvalue weighted by molar-refractivity contribution is 5.86. The Bertz CT molecular complexity index is 450. The number of urea groups is 1. The van der Waals surface area contributed by atoms with E-state index in [4.69, 9.17) is 10.2 Å². The lowest BCUT2D eigenvalue weighted by atomic mass is 10.0. The lowest BCUT2D eigenvalue weighted by Crippen LogP contribution is -2.48. The second-order valence-corrected chi connectivity index (χ2v) is 6.12. The first-order valence-corrected chi connectivity index (χ1v) is 6.99. The second kappa shape index (κ2) is 4.64. The van der Waals surface area contributed by atoms with Crippen LogP contribution in [0.2, 0.25) is 0 Å². The lowest BCUT2D eigenvalue weighted by molar-refractivity contribution is -0.145. The molecule has 5 atom stereocenters. The van der Waals surface area contributed by atoms with Crippen molar-refractivity contribution >= 4 is 18.0 Å². The molecule has 7 heteroatoms. The molecule has 3 fully saturated rings. The fourth-order valence-corrected chi connectivity index (χ4v) is 4.24. The van der Waals surface area contributed by atoms with E-state index in [-0.39, 0.29) is 6.04 Å². The van der Waals surface area contributed by atoms with Gasteiger partial charge in [-0.2, -0.15) is 0 Å². The SMILES string of the molecule is O=C(O)CC(NC(=O)NC1C2C3CCC(C3)C12)C(=O)O. The standard InChI is InChI=1S/C13H18N2O5/c16-8(17)4-7(12(18)19)14-13(20)15-11-9-5-1-2-6(3-5)10(9)11/h5-7,9-11H,1-4H2,(H,16,17)(H,18,19)(H2,14,15,20). The Hall–Kier alpha value is -1.79. The van der Waals surface area contributed by atoms with E-state index in [2.05, 4.69) is 10.6 Å². The Morgan fingerprint density at radius 3 is 2.20 bits per heavy atom. The third kappa shape index (κ3) is 2.21. The van der Waals surface area contributed by atoms with Crippen molar-refractivity contribution in [1.29, 1.82) is 0 Å². The number of carboxylic acids is 2. The predicted octanol–water partition coefficient (Wildman–Crippen LogP) is 0.258. The summed E-state index contributed by atoms with van der Waals surface area (Å²) in [6.45, 7) is 0. The van der Waals surface area contributed by atoms with Crippen LogP contribution in [0.4, 0.5) is 4.79 Å². The zero-order valence-electron chi connectivity index (χ0n) is 10.9. The van der Waals surface area contributed by atoms with Crippen molar-refractivity contribution in [1.82, 2.24) is 10.6 Å². The van der Waals surface area contributed by atoms with Crippen molar-refractivity contribution in [2.24, 2.45) is 23.7 Å². The molecule has 0 spiro atoms. The zero-order valence-corrected chi connectivity index (χ0v) is 10.9. The highest BCUT2D eigenvalue weighted by atomic mass is 16.4. The molecule has 3 aliphatic carbocycles. The van der Waals surface area contributed by atoms with Gasteiger partial charge in [0.2, 0.25) is 0 Å². The summed E-state index contributed by atoms with van der Waals surface area (Å²) in [7, 11) is 0. The van der Waals surface area contributed by atoms with Crippen LogP contribution in [0.5, 0.6) is 0 Å². The summed E-state index contributed by atoms with van der Waals surface area (Å²) in [6.07, 6.45) is 3.13. The van der Waals surface area contributed by atoms with Gasteiger partial charge in [-0.25, -0.2) is 9.59 Å². The fourth-order valence-electron chi connectivity index (χ4n) is 4.24. The molecule has 5 unspecified atom stereocenters. The van der Waals surface area contributed by atoms with E-state index in [9.17, 15) is 14.4 Å². The van der Waals surface area contributed by atoms with Gasteiger partial charge in [-0.15, -0.1) is 0 Å². The third-order valence-electron chi connectivity index (χ3n) is 5.02. The van der Waals surface area contributed by atoms with Crippen molar-refractivity contribution in [2.45, 2.75) is 37.8 Å².